The van der Waals surface area contributed by atoms with Crippen molar-refractivity contribution in [1.29, 1.82) is 0 Å². The maximum atomic E-state index is 11.8. The lowest BCUT2D eigenvalue weighted by Gasteiger charge is -2.08. The minimum Gasteiger partial charge on any atom is -0.489 e. The third-order valence-electron chi connectivity index (χ3n) is 3.52. The Hall–Kier alpha value is -3.08. The van der Waals surface area contributed by atoms with Crippen molar-refractivity contribution in [1.82, 2.24) is 5.43 Å². The van der Waals surface area contributed by atoms with E-state index in [9.17, 15) is 4.79 Å². The monoisotopic (exact) mass is 338 g/mol. The summed E-state index contributed by atoms with van der Waals surface area (Å²) < 4.78 is 11.0. The Morgan fingerprint density at radius 2 is 1.96 bits per heavy atom. The lowest BCUT2D eigenvalue weighted by Crippen LogP contribution is -2.24. The summed E-state index contributed by atoms with van der Waals surface area (Å²) in [5.41, 5.74) is 5.50. The maximum Gasteiger partial charge on any atom is 0.277 e. The first kappa shape index (κ1) is 18.3. The number of hydrogen-bond donors (Lipinski definition) is 1. The van der Waals surface area contributed by atoms with Gasteiger partial charge in [-0.1, -0.05) is 30.9 Å². The summed E-state index contributed by atoms with van der Waals surface area (Å²) in [5.74, 6) is 0.996. The second-order valence-electron chi connectivity index (χ2n) is 5.47. The number of carbonyl (C=O) groups is 1. The molecule has 25 heavy (non-hydrogen) atoms. The number of amides is 1. The van der Waals surface area contributed by atoms with Crippen LogP contribution in [-0.4, -0.2) is 25.3 Å². The Morgan fingerprint density at radius 3 is 2.72 bits per heavy atom. The Kier molecular flexibility index (Phi) is 6.77. The van der Waals surface area contributed by atoms with Gasteiger partial charge in [-0.25, -0.2) is 5.43 Å². The van der Waals surface area contributed by atoms with E-state index in [0.717, 1.165) is 11.1 Å². The number of ether oxygens (including phenoxy) is 2. The molecular weight excluding hydrogens is 316 g/mol. The number of nitrogens with one attached hydrogen (secondary N) is 1. The molecule has 0 radical (unpaired) electrons. The fraction of sp³-hybridized carbons (Fsp3) is 0.200. The summed E-state index contributed by atoms with van der Waals surface area (Å²) in [6.45, 7) is 7.94. The molecule has 0 unspecified atom stereocenters. The second-order valence-corrected chi connectivity index (χ2v) is 5.47. The van der Waals surface area contributed by atoms with Crippen molar-refractivity contribution in [3.8, 4) is 11.5 Å². The summed E-state index contributed by atoms with van der Waals surface area (Å²) in [4.78, 5) is 11.8. The van der Waals surface area contributed by atoms with Gasteiger partial charge in [-0.05, 0) is 49.2 Å². The molecule has 0 aliphatic rings. The van der Waals surface area contributed by atoms with Gasteiger partial charge in [0.15, 0.2) is 6.61 Å². The van der Waals surface area contributed by atoms with Crippen LogP contribution in [0, 0.1) is 13.8 Å². The number of aryl methyl sites for hydroxylation is 2. The summed E-state index contributed by atoms with van der Waals surface area (Å²) in [7, 11) is 0. The minimum atomic E-state index is -0.334. The lowest BCUT2D eigenvalue weighted by molar-refractivity contribution is -0.123. The first-order valence-electron chi connectivity index (χ1n) is 7.95. The molecule has 0 bridgehead atoms. The number of carbonyl (C=O) groups excluding carboxylic acids is 1. The number of para-hydroxylation sites is 1. The van der Waals surface area contributed by atoms with Crippen molar-refractivity contribution in [2.75, 3.05) is 13.2 Å². The average molecular weight is 338 g/mol. The van der Waals surface area contributed by atoms with Crippen molar-refractivity contribution < 1.29 is 14.3 Å². The van der Waals surface area contributed by atoms with Crippen molar-refractivity contribution >= 4 is 12.1 Å². The van der Waals surface area contributed by atoms with Gasteiger partial charge < -0.3 is 9.47 Å². The van der Waals surface area contributed by atoms with E-state index in [1.807, 2.05) is 56.3 Å². The van der Waals surface area contributed by atoms with E-state index in [4.69, 9.17) is 9.47 Å². The molecule has 0 fully saturated rings. The van der Waals surface area contributed by atoms with Crippen LogP contribution in [0.4, 0.5) is 0 Å². The third kappa shape index (κ3) is 5.80. The summed E-state index contributed by atoms with van der Waals surface area (Å²) in [6, 6.07) is 13.1. The average Bonchev–Trinajstić information content (AvgIpc) is 2.62. The summed E-state index contributed by atoms with van der Waals surface area (Å²) in [6.07, 6.45) is 3.20. The zero-order chi connectivity index (χ0) is 18.1. The standard InChI is InChI=1S/C20H22N2O3/c1-4-11-24-19-8-6-5-7-17(19)13-21-22-20(23)14-25-18-10-9-15(2)16(3)12-18/h4-10,12-13H,1,11,14H2,2-3H3,(H,22,23)/b21-13-. The minimum absolute atomic E-state index is 0.103. The molecule has 0 aromatic heterocycles. The van der Waals surface area contributed by atoms with E-state index in [2.05, 4.69) is 17.1 Å². The molecule has 5 heteroatoms. The van der Waals surface area contributed by atoms with Crippen LogP contribution in [0.15, 0.2) is 60.2 Å². The van der Waals surface area contributed by atoms with Gasteiger partial charge in [0, 0.05) is 5.56 Å². The highest BCUT2D eigenvalue weighted by molar-refractivity contribution is 5.85. The van der Waals surface area contributed by atoms with E-state index in [-0.39, 0.29) is 12.5 Å². The van der Waals surface area contributed by atoms with Crippen LogP contribution in [0.3, 0.4) is 0 Å². The zero-order valence-corrected chi connectivity index (χ0v) is 14.5. The zero-order valence-electron chi connectivity index (χ0n) is 14.5. The van der Waals surface area contributed by atoms with Gasteiger partial charge in [0.05, 0.1) is 6.21 Å². The van der Waals surface area contributed by atoms with Crippen molar-refractivity contribution in [3.63, 3.8) is 0 Å². The number of hydrazone groups is 1. The first-order chi connectivity index (χ1) is 12.1. The molecule has 0 heterocycles. The molecule has 2 aromatic carbocycles. The van der Waals surface area contributed by atoms with Gasteiger partial charge in [0.25, 0.3) is 5.91 Å². The summed E-state index contributed by atoms with van der Waals surface area (Å²) in [5, 5.41) is 3.94. The fourth-order valence-corrected chi connectivity index (χ4v) is 2.03. The van der Waals surface area contributed by atoms with Gasteiger partial charge in [0.2, 0.25) is 0 Å². The Balaban J connectivity index is 1.86. The van der Waals surface area contributed by atoms with Gasteiger partial charge in [-0.2, -0.15) is 5.10 Å². The molecule has 0 spiro atoms. The molecule has 0 saturated carbocycles. The van der Waals surface area contributed by atoms with Gasteiger partial charge in [0.1, 0.15) is 18.1 Å². The van der Waals surface area contributed by atoms with Crippen LogP contribution in [-0.2, 0) is 4.79 Å². The van der Waals surface area contributed by atoms with Gasteiger partial charge in [-0.3, -0.25) is 4.79 Å². The second kappa shape index (κ2) is 9.27. The van der Waals surface area contributed by atoms with E-state index < -0.39 is 0 Å². The van der Waals surface area contributed by atoms with Crippen molar-refractivity contribution in [2.45, 2.75) is 13.8 Å². The Labute approximate surface area is 148 Å². The molecule has 1 N–H and O–H groups in total. The van der Waals surface area contributed by atoms with E-state index in [1.165, 1.54) is 11.8 Å². The summed E-state index contributed by atoms with van der Waals surface area (Å²) >= 11 is 0. The number of hydrogen-bond acceptors (Lipinski definition) is 4. The topological polar surface area (TPSA) is 59.9 Å². The maximum absolute atomic E-state index is 11.8. The molecule has 5 nitrogen and oxygen atoms in total. The predicted molar refractivity (Wildman–Crippen MR) is 99.3 cm³/mol. The van der Waals surface area contributed by atoms with Crippen LogP contribution in [0.1, 0.15) is 16.7 Å². The Morgan fingerprint density at radius 1 is 1.16 bits per heavy atom. The first-order valence-corrected chi connectivity index (χ1v) is 7.95. The van der Waals surface area contributed by atoms with Crippen LogP contribution < -0.4 is 14.9 Å². The molecule has 130 valence electrons. The largest absolute Gasteiger partial charge is 0.489 e. The highest BCUT2D eigenvalue weighted by atomic mass is 16.5. The predicted octanol–water partition coefficient (Wildman–Crippen LogP) is 3.40. The van der Waals surface area contributed by atoms with Crippen LogP contribution in [0.25, 0.3) is 0 Å². The van der Waals surface area contributed by atoms with Crippen molar-refractivity contribution in [2.24, 2.45) is 5.10 Å². The van der Waals surface area contributed by atoms with Crippen molar-refractivity contribution in [3.05, 3.63) is 71.8 Å². The molecule has 0 atom stereocenters. The number of benzene rings is 2. The molecular formula is C20H22N2O3. The highest BCUT2D eigenvalue weighted by Crippen LogP contribution is 2.16. The SMILES string of the molecule is C=CCOc1ccccc1/C=N\NC(=O)COc1ccc(C)c(C)c1. The normalized spacial score (nSPS) is 10.5. The quantitative estimate of drug-likeness (QED) is 0.456. The molecule has 2 aromatic rings. The Bertz CT molecular complexity index is 769. The fourth-order valence-electron chi connectivity index (χ4n) is 2.03. The lowest BCUT2D eigenvalue weighted by atomic mass is 10.1. The smallest absolute Gasteiger partial charge is 0.277 e. The van der Waals surface area contributed by atoms with E-state index in [0.29, 0.717) is 18.1 Å². The number of rotatable bonds is 8. The molecule has 0 aliphatic carbocycles. The molecule has 1 amide bonds. The van der Waals surface area contributed by atoms with Crippen LogP contribution in [0.5, 0.6) is 11.5 Å². The van der Waals surface area contributed by atoms with Crippen LogP contribution in [0.2, 0.25) is 0 Å². The molecule has 0 saturated heterocycles. The molecule has 2 rings (SSSR count). The van der Waals surface area contributed by atoms with Gasteiger partial charge in [-0.15, -0.1) is 0 Å². The number of nitrogens with zero attached hydrogens (tertiary/aromatic N) is 1. The van der Waals surface area contributed by atoms with E-state index in [1.54, 1.807) is 6.08 Å². The molecule has 0 aliphatic heterocycles. The van der Waals surface area contributed by atoms with E-state index >= 15 is 0 Å². The van der Waals surface area contributed by atoms with Crippen LogP contribution >= 0.6 is 0 Å². The van der Waals surface area contributed by atoms with Gasteiger partial charge >= 0.3 is 0 Å². The highest BCUT2D eigenvalue weighted by Gasteiger charge is 2.03. The third-order valence-corrected chi connectivity index (χ3v) is 3.52.